The van der Waals surface area contributed by atoms with E-state index < -0.39 is 0 Å². The number of rotatable bonds is 7. The number of furan rings is 1. The van der Waals surface area contributed by atoms with Gasteiger partial charge in [0.1, 0.15) is 18.1 Å². The Morgan fingerprint density at radius 3 is 2.53 bits per heavy atom. The summed E-state index contributed by atoms with van der Waals surface area (Å²) in [7, 11) is 0. The molecule has 0 saturated heterocycles. The number of nitrogens with zero attached hydrogens (tertiary/aromatic N) is 2. The average molecular weight is 423 g/mol. The van der Waals surface area contributed by atoms with Crippen molar-refractivity contribution in [2.45, 2.75) is 19.6 Å². The van der Waals surface area contributed by atoms with E-state index in [0.717, 1.165) is 11.0 Å². The van der Waals surface area contributed by atoms with Crippen LogP contribution in [0.3, 0.4) is 0 Å². The fourth-order valence-electron chi connectivity index (χ4n) is 3.10. The van der Waals surface area contributed by atoms with Crippen molar-refractivity contribution in [2.24, 2.45) is 0 Å². The second-order valence-corrected chi connectivity index (χ2v) is 7.08. The molecule has 0 unspecified atom stereocenters. The van der Waals surface area contributed by atoms with Gasteiger partial charge in [-0.05, 0) is 48.5 Å². The van der Waals surface area contributed by atoms with Crippen molar-refractivity contribution in [2.75, 3.05) is 0 Å². The number of para-hydroxylation sites is 2. The minimum Gasteiger partial charge on any atom is -0.467 e. The van der Waals surface area contributed by atoms with Gasteiger partial charge < -0.3 is 19.6 Å². The van der Waals surface area contributed by atoms with Gasteiger partial charge in [0.25, 0.3) is 5.91 Å². The molecule has 8 heteroatoms. The maximum atomic E-state index is 12.5. The number of imidazole rings is 1. The minimum atomic E-state index is -0.243. The molecule has 0 spiro atoms. The summed E-state index contributed by atoms with van der Waals surface area (Å²) in [6, 6.07) is 17.7. The number of aromatic nitrogens is 2. The van der Waals surface area contributed by atoms with E-state index in [9.17, 15) is 9.59 Å². The fourth-order valence-corrected chi connectivity index (χ4v) is 3.22. The van der Waals surface area contributed by atoms with Gasteiger partial charge >= 0.3 is 0 Å². The van der Waals surface area contributed by atoms with E-state index in [-0.39, 0.29) is 24.9 Å². The standard InChI is InChI=1S/C22H19ClN4O3/c23-16-9-7-15(8-10-16)22(29)25-13-20-26-18-5-1-2-6-19(18)27(20)14-21(28)24-12-17-4-3-11-30-17/h1-11H,12-14H2,(H,24,28)(H,25,29). The Labute approximate surface area is 177 Å². The van der Waals surface area contributed by atoms with Crippen molar-refractivity contribution in [1.82, 2.24) is 20.2 Å². The molecule has 0 bridgehead atoms. The van der Waals surface area contributed by atoms with Crippen LogP contribution >= 0.6 is 11.6 Å². The van der Waals surface area contributed by atoms with Crippen LogP contribution in [0.25, 0.3) is 11.0 Å². The molecule has 2 amide bonds. The lowest BCUT2D eigenvalue weighted by Crippen LogP contribution is -2.29. The number of halogens is 1. The number of carbonyl (C=O) groups excluding carboxylic acids is 2. The molecule has 0 saturated carbocycles. The molecule has 7 nitrogen and oxygen atoms in total. The van der Waals surface area contributed by atoms with Crippen LogP contribution in [0.2, 0.25) is 5.02 Å². The Balaban J connectivity index is 1.49. The van der Waals surface area contributed by atoms with Crippen LogP contribution in [0.4, 0.5) is 0 Å². The highest BCUT2D eigenvalue weighted by Gasteiger charge is 2.15. The van der Waals surface area contributed by atoms with Gasteiger partial charge in [-0.3, -0.25) is 9.59 Å². The highest BCUT2D eigenvalue weighted by Crippen LogP contribution is 2.16. The molecule has 2 heterocycles. The van der Waals surface area contributed by atoms with Gasteiger partial charge in [0.2, 0.25) is 5.91 Å². The first-order chi connectivity index (χ1) is 14.6. The third-order valence-electron chi connectivity index (χ3n) is 4.59. The summed E-state index contributed by atoms with van der Waals surface area (Å²) >= 11 is 5.87. The lowest BCUT2D eigenvalue weighted by atomic mass is 10.2. The molecule has 0 atom stereocenters. The predicted molar refractivity (Wildman–Crippen MR) is 113 cm³/mol. The maximum Gasteiger partial charge on any atom is 0.251 e. The van der Waals surface area contributed by atoms with Gasteiger partial charge in [-0.25, -0.2) is 4.98 Å². The molecule has 2 aromatic heterocycles. The van der Waals surface area contributed by atoms with Crippen molar-refractivity contribution in [3.63, 3.8) is 0 Å². The van der Waals surface area contributed by atoms with Crippen molar-refractivity contribution >= 4 is 34.4 Å². The van der Waals surface area contributed by atoms with Crippen LogP contribution < -0.4 is 10.6 Å². The van der Waals surface area contributed by atoms with Gasteiger partial charge in [-0.1, -0.05) is 23.7 Å². The summed E-state index contributed by atoms with van der Waals surface area (Å²) in [6.07, 6.45) is 1.56. The van der Waals surface area contributed by atoms with Crippen LogP contribution in [0.5, 0.6) is 0 Å². The topological polar surface area (TPSA) is 89.2 Å². The van der Waals surface area contributed by atoms with Gasteiger partial charge in [0.15, 0.2) is 0 Å². The van der Waals surface area contributed by atoms with E-state index in [1.807, 2.05) is 24.3 Å². The van der Waals surface area contributed by atoms with Crippen LogP contribution in [0.15, 0.2) is 71.3 Å². The number of benzene rings is 2. The number of hydrogen-bond donors (Lipinski definition) is 2. The second-order valence-electron chi connectivity index (χ2n) is 6.65. The molecule has 2 aromatic carbocycles. The maximum absolute atomic E-state index is 12.5. The highest BCUT2D eigenvalue weighted by molar-refractivity contribution is 6.30. The lowest BCUT2D eigenvalue weighted by Gasteiger charge is -2.10. The molecule has 152 valence electrons. The lowest BCUT2D eigenvalue weighted by molar-refractivity contribution is -0.121. The molecule has 0 fully saturated rings. The third kappa shape index (κ3) is 4.52. The highest BCUT2D eigenvalue weighted by atomic mass is 35.5. The molecule has 0 aliphatic heterocycles. The van der Waals surface area contributed by atoms with Crippen LogP contribution in [0, 0.1) is 0 Å². The summed E-state index contributed by atoms with van der Waals surface area (Å²) in [5.41, 5.74) is 2.08. The second kappa shape index (κ2) is 8.84. The van der Waals surface area contributed by atoms with Crippen molar-refractivity contribution < 1.29 is 14.0 Å². The fraction of sp³-hybridized carbons (Fsp3) is 0.136. The average Bonchev–Trinajstić information content (AvgIpc) is 3.39. The summed E-state index contributed by atoms with van der Waals surface area (Å²) in [4.78, 5) is 29.5. The molecule has 0 aliphatic rings. The van der Waals surface area contributed by atoms with Gasteiger partial charge in [-0.15, -0.1) is 0 Å². The van der Waals surface area contributed by atoms with E-state index in [4.69, 9.17) is 16.0 Å². The molecule has 4 rings (SSSR count). The van der Waals surface area contributed by atoms with E-state index in [2.05, 4.69) is 15.6 Å². The van der Waals surface area contributed by atoms with Crippen molar-refractivity contribution in [3.8, 4) is 0 Å². The first kappa shape index (κ1) is 19.7. The summed E-state index contributed by atoms with van der Waals surface area (Å²) in [5, 5.41) is 6.25. The normalized spacial score (nSPS) is 10.8. The zero-order valence-electron chi connectivity index (χ0n) is 16.0. The largest absolute Gasteiger partial charge is 0.467 e. The van der Waals surface area contributed by atoms with E-state index in [1.54, 1.807) is 47.2 Å². The monoisotopic (exact) mass is 422 g/mol. The van der Waals surface area contributed by atoms with Crippen LogP contribution in [0.1, 0.15) is 21.9 Å². The first-order valence-electron chi connectivity index (χ1n) is 9.37. The summed E-state index contributed by atoms with van der Waals surface area (Å²) < 4.78 is 7.04. The summed E-state index contributed by atoms with van der Waals surface area (Å²) in [5.74, 6) is 0.841. The molecular weight excluding hydrogens is 404 g/mol. The Morgan fingerprint density at radius 1 is 0.967 bits per heavy atom. The zero-order valence-corrected chi connectivity index (χ0v) is 16.7. The molecule has 4 aromatic rings. The predicted octanol–water partition coefficient (Wildman–Crippen LogP) is 3.53. The number of carbonyl (C=O) groups is 2. The van der Waals surface area contributed by atoms with Crippen molar-refractivity contribution in [3.05, 3.63) is 89.1 Å². The van der Waals surface area contributed by atoms with Crippen LogP contribution in [-0.2, 0) is 24.4 Å². The molecule has 0 aliphatic carbocycles. The van der Waals surface area contributed by atoms with Gasteiger partial charge in [0, 0.05) is 10.6 Å². The third-order valence-corrected chi connectivity index (χ3v) is 4.84. The van der Waals surface area contributed by atoms with Gasteiger partial charge in [0.05, 0.1) is 30.4 Å². The number of nitrogens with one attached hydrogen (secondary N) is 2. The smallest absolute Gasteiger partial charge is 0.251 e. The number of amides is 2. The Hall–Kier alpha value is -3.58. The van der Waals surface area contributed by atoms with E-state index in [1.165, 1.54) is 0 Å². The molecular formula is C22H19ClN4O3. The van der Waals surface area contributed by atoms with Crippen LogP contribution in [-0.4, -0.2) is 21.4 Å². The minimum absolute atomic E-state index is 0.0768. The van der Waals surface area contributed by atoms with Gasteiger partial charge in [-0.2, -0.15) is 0 Å². The van der Waals surface area contributed by atoms with Crippen molar-refractivity contribution in [1.29, 1.82) is 0 Å². The van der Waals surface area contributed by atoms with E-state index >= 15 is 0 Å². The molecule has 30 heavy (non-hydrogen) atoms. The first-order valence-corrected chi connectivity index (χ1v) is 9.75. The number of fused-ring (bicyclic) bond motifs is 1. The molecule has 2 N–H and O–H groups in total. The summed E-state index contributed by atoms with van der Waals surface area (Å²) in [6.45, 7) is 0.566. The Morgan fingerprint density at radius 2 is 1.77 bits per heavy atom. The zero-order chi connectivity index (χ0) is 20.9. The Kier molecular flexibility index (Phi) is 5.81. The Bertz CT molecular complexity index is 1170. The quantitative estimate of drug-likeness (QED) is 0.477. The number of hydrogen-bond acceptors (Lipinski definition) is 4. The molecule has 0 radical (unpaired) electrons. The van der Waals surface area contributed by atoms with E-state index in [0.29, 0.717) is 28.7 Å². The SMILES string of the molecule is O=C(Cn1c(CNC(=O)c2ccc(Cl)cc2)nc2ccccc21)NCc1ccco1.